The molecule has 0 aromatic heterocycles. The molecule has 1 heterocycles. The second-order valence-electron chi connectivity index (χ2n) is 5.30. The number of rotatable bonds is 6. The van der Waals surface area contributed by atoms with Crippen LogP contribution in [0.5, 0.6) is 5.75 Å². The minimum atomic E-state index is -0.667. The highest BCUT2D eigenvalue weighted by Crippen LogP contribution is 2.39. The van der Waals surface area contributed by atoms with E-state index in [4.69, 9.17) is 24.7 Å². The van der Waals surface area contributed by atoms with Crippen LogP contribution in [-0.4, -0.2) is 33.4 Å². The number of nitrogens with zero attached hydrogens (tertiary/aromatic N) is 1. The number of nitrogens with two attached hydrogens (primary N) is 1. The van der Waals surface area contributed by atoms with Crippen molar-refractivity contribution in [3.8, 4) is 11.8 Å². The third-order valence-corrected chi connectivity index (χ3v) is 3.80. The molecule has 0 saturated carbocycles. The van der Waals surface area contributed by atoms with Crippen molar-refractivity contribution in [2.24, 2.45) is 5.73 Å². The molecule has 1 aliphatic rings. The number of hydrogen-bond acceptors (Lipinski definition) is 7. The number of carbonyl (C=O) groups excluding carboxylic acids is 1. The zero-order valence-electron chi connectivity index (χ0n) is 14.4. The summed E-state index contributed by atoms with van der Waals surface area (Å²) in [5.41, 5.74) is 6.97. The standard InChI is InChI=1S/C18H20N2O5/c1-11-15(18(21)24-9-8-22-2)16(14(10-19)17(20)25-11)12-4-6-13(23-3)7-5-12/h4-7,16H,8-9,20H2,1-3H3. The van der Waals surface area contributed by atoms with E-state index in [-0.39, 0.29) is 30.2 Å². The molecule has 1 atom stereocenters. The smallest absolute Gasteiger partial charge is 0.338 e. The first-order chi connectivity index (χ1) is 12.0. The normalized spacial score (nSPS) is 17.0. The zero-order chi connectivity index (χ0) is 18.4. The molecule has 0 fully saturated rings. The number of ether oxygens (including phenoxy) is 4. The van der Waals surface area contributed by atoms with Crippen molar-refractivity contribution in [3.63, 3.8) is 0 Å². The van der Waals surface area contributed by atoms with E-state index >= 15 is 0 Å². The third kappa shape index (κ3) is 3.92. The largest absolute Gasteiger partial charge is 0.497 e. The lowest BCUT2D eigenvalue weighted by Gasteiger charge is -2.27. The van der Waals surface area contributed by atoms with Crippen molar-refractivity contribution < 1.29 is 23.7 Å². The number of carbonyl (C=O) groups is 1. The van der Waals surface area contributed by atoms with E-state index in [0.717, 1.165) is 0 Å². The van der Waals surface area contributed by atoms with Gasteiger partial charge in [0.2, 0.25) is 5.88 Å². The molecule has 7 nitrogen and oxygen atoms in total. The summed E-state index contributed by atoms with van der Waals surface area (Å²) in [6.45, 7) is 1.99. The van der Waals surface area contributed by atoms with Gasteiger partial charge >= 0.3 is 5.97 Å². The van der Waals surface area contributed by atoms with Crippen LogP contribution in [0.2, 0.25) is 0 Å². The van der Waals surface area contributed by atoms with Crippen molar-refractivity contribution in [1.29, 1.82) is 5.26 Å². The number of nitriles is 1. The van der Waals surface area contributed by atoms with Crippen LogP contribution in [0.1, 0.15) is 18.4 Å². The van der Waals surface area contributed by atoms with E-state index in [1.54, 1.807) is 38.3 Å². The molecule has 0 amide bonds. The molecule has 1 aromatic rings. The first-order valence-electron chi connectivity index (χ1n) is 7.61. The van der Waals surface area contributed by atoms with Gasteiger partial charge in [-0.05, 0) is 24.6 Å². The molecule has 0 radical (unpaired) electrons. The van der Waals surface area contributed by atoms with Crippen LogP contribution >= 0.6 is 0 Å². The van der Waals surface area contributed by atoms with Gasteiger partial charge in [-0.2, -0.15) is 5.26 Å². The maximum atomic E-state index is 12.5. The molecule has 2 N–H and O–H groups in total. The molecule has 0 spiro atoms. The van der Waals surface area contributed by atoms with Crippen LogP contribution in [0.3, 0.4) is 0 Å². The zero-order valence-corrected chi connectivity index (χ0v) is 14.4. The minimum absolute atomic E-state index is 0.0192. The third-order valence-electron chi connectivity index (χ3n) is 3.80. The number of benzene rings is 1. The summed E-state index contributed by atoms with van der Waals surface area (Å²) in [4.78, 5) is 12.5. The van der Waals surface area contributed by atoms with Crippen molar-refractivity contribution in [2.75, 3.05) is 27.4 Å². The maximum Gasteiger partial charge on any atom is 0.338 e. The summed E-state index contributed by atoms with van der Waals surface area (Å²) in [6.07, 6.45) is 0. The fourth-order valence-corrected chi connectivity index (χ4v) is 2.57. The molecule has 1 unspecified atom stereocenters. The average molecular weight is 344 g/mol. The SMILES string of the molecule is COCCOC(=O)C1=C(C)OC(N)=C(C#N)C1c1ccc(OC)cc1. The Morgan fingerprint density at radius 2 is 1.96 bits per heavy atom. The van der Waals surface area contributed by atoms with Crippen LogP contribution in [0.25, 0.3) is 0 Å². The molecule has 7 heteroatoms. The summed E-state index contributed by atoms with van der Waals surface area (Å²) in [5.74, 6) is -0.291. The summed E-state index contributed by atoms with van der Waals surface area (Å²) in [5, 5.41) is 9.51. The van der Waals surface area contributed by atoms with Gasteiger partial charge in [0.15, 0.2) is 0 Å². The molecular formula is C18H20N2O5. The van der Waals surface area contributed by atoms with Crippen molar-refractivity contribution in [2.45, 2.75) is 12.8 Å². The second kappa shape index (κ2) is 8.22. The summed E-state index contributed by atoms with van der Waals surface area (Å²) in [7, 11) is 3.07. The Labute approximate surface area is 146 Å². The van der Waals surface area contributed by atoms with Gasteiger partial charge in [-0.25, -0.2) is 4.79 Å². The topological polar surface area (TPSA) is 104 Å². The number of esters is 1. The maximum absolute atomic E-state index is 12.5. The van der Waals surface area contributed by atoms with Gasteiger partial charge in [0.25, 0.3) is 0 Å². The van der Waals surface area contributed by atoms with Crippen LogP contribution in [0.15, 0.2) is 47.1 Å². The first kappa shape index (κ1) is 18.4. The number of hydrogen-bond donors (Lipinski definition) is 1. The highest BCUT2D eigenvalue weighted by atomic mass is 16.6. The number of allylic oxidation sites excluding steroid dienone is 2. The Bertz CT molecular complexity index is 744. The van der Waals surface area contributed by atoms with E-state index < -0.39 is 11.9 Å². The van der Waals surface area contributed by atoms with E-state index in [9.17, 15) is 10.1 Å². The lowest BCUT2D eigenvalue weighted by atomic mass is 9.83. The Hall–Kier alpha value is -2.98. The second-order valence-corrected chi connectivity index (χ2v) is 5.30. The Kier molecular flexibility index (Phi) is 6.03. The van der Waals surface area contributed by atoms with Crippen molar-refractivity contribution in [3.05, 3.63) is 52.6 Å². The van der Waals surface area contributed by atoms with E-state index in [1.807, 2.05) is 6.07 Å². The van der Waals surface area contributed by atoms with Crippen molar-refractivity contribution >= 4 is 5.97 Å². The van der Waals surface area contributed by atoms with Gasteiger partial charge in [-0.15, -0.1) is 0 Å². The Morgan fingerprint density at radius 3 is 2.52 bits per heavy atom. The van der Waals surface area contributed by atoms with Gasteiger partial charge in [0, 0.05) is 7.11 Å². The predicted molar refractivity (Wildman–Crippen MR) is 89.2 cm³/mol. The molecule has 25 heavy (non-hydrogen) atoms. The van der Waals surface area contributed by atoms with E-state index in [1.165, 1.54) is 7.11 Å². The fraction of sp³-hybridized carbons (Fsp3) is 0.333. The van der Waals surface area contributed by atoms with Gasteiger partial charge in [0.05, 0.1) is 25.2 Å². The molecule has 0 saturated heterocycles. The summed E-state index contributed by atoms with van der Waals surface area (Å²) < 4.78 is 20.6. The van der Waals surface area contributed by atoms with E-state index in [0.29, 0.717) is 17.1 Å². The van der Waals surface area contributed by atoms with Gasteiger partial charge < -0.3 is 24.7 Å². The van der Waals surface area contributed by atoms with Crippen LogP contribution < -0.4 is 10.5 Å². The van der Waals surface area contributed by atoms with Gasteiger partial charge in [0.1, 0.15) is 29.8 Å². The quantitative estimate of drug-likeness (QED) is 0.621. The highest BCUT2D eigenvalue weighted by molar-refractivity contribution is 5.92. The molecule has 0 bridgehead atoms. The Morgan fingerprint density at radius 1 is 1.28 bits per heavy atom. The number of methoxy groups -OCH3 is 2. The highest BCUT2D eigenvalue weighted by Gasteiger charge is 2.36. The van der Waals surface area contributed by atoms with Gasteiger partial charge in [-0.3, -0.25) is 0 Å². The Balaban J connectivity index is 2.44. The summed E-state index contributed by atoms with van der Waals surface area (Å²) in [6, 6.07) is 9.08. The minimum Gasteiger partial charge on any atom is -0.497 e. The molecule has 1 aliphatic heterocycles. The van der Waals surface area contributed by atoms with Crippen LogP contribution in [-0.2, 0) is 19.0 Å². The predicted octanol–water partition coefficient (Wildman–Crippen LogP) is 1.97. The van der Waals surface area contributed by atoms with E-state index in [2.05, 4.69) is 0 Å². The first-order valence-corrected chi connectivity index (χ1v) is 7.61. The molecule has 1 aromatic carbocycles. The molecule has 0 aliphatic carbocycles. The fourth-order valence-electron chi connectivity index (χ4n) is 2.57. The van der Waals surface area contributed by atoms with Crippen LogP contribution in [0.4, 0.5) is 0 Å². The van der Waals surface area contributed by atoms with Crippen molar-refractivity contribution in [1.82, 2.24) is 0 Å². The van der Waals surface area contributed by atoms with Gasteiger partial charge in [-0.1, -0.05) is 12.1 Å². The molecule has 2 rings (SSSR count). The monoisotopic (exact) mass is 344 g/mol. The summed E-state index contributed by atoms with van der Waals surface area (Å²) >= 11 is 0. The average Bonchev–Trinajstić information content (AvgIpc) is 2.61. The molecule has 132 valence electrons. The lowest BCUT2D eigenvalue weighted by molar-refractivity contribution is -0.140. The van der Waals surface area contributed by atoms with Crippen LogP contribution in [0, 0.1) is 11.3 Å². The molecular weight excluding hydrogens is 324 g/mol. The lowest BCUT2D eigenvalue weighted by Crippen LogP contribution is -2.26.